The lowest BCUT2D eigenvalue weighted by Gasteiger charge is -2.37. The average molecular weight is 570 g/mol. The zero-order chi connectivity index (χ0) is 29.1. The number of carbonyl (C=O) groups excluding carboxylic acids is 3. The number of hydrogen-bond donors (Lipinski definition) is 2. The van der Waals surface area contributed by atoms with Gasteiger partial charge < -0.3 is 34.8 Å². The van der Waals surface area contributed by atoms with Crippen LogP contribution in [0, 0.1) is 6.92 Å². The molecule has 0 unspecified atom stereocenters. The molecule has 10 heteroatoms. The van der Waals surface area contributed by atoms with Crippen LogP contribution >= 0.6 is 0 Å². The molecule has 3 heterocycles. The summed E-state index contributed by atoms with van der Waals surface area (Å²) in [5, 5.41) is 5.93. The topological polar surface area (TPSA) is 103 Å². The van der Waals surface area contributed by atoms with Crippen molar-refractivity contribution in [3.63, 3.8) is 0 Å². The summed E-state index contributed by atoms with van der Waals surface area (Å²) >= 11 is 0. The van der Waals surface area contributed by atoms with E-state index in [-0.39, 0.29) is 24.6 Å². The largest absolute Gasteiger partial charge is 0.454 e. The summed E-state index contributed by atoms with van der Waals surface area (Å²) < 4.78 is 10.8. The van der Waals surface area contributed by atoms with Crippen LogP contribution in [-0.4, -0.2) is 73.7 Å². The fourth-order valence-corrected chi connectivity index (χ4v) is 5.65. The van der Waals surface area contributed by atoms with Crippen LogP contribution < -0.4 is 25.0 Å². The smallest absolute Gasteiger partial charge is 0.321 e. The molecule has 3 aromatic carbocycles. The molecule has 3 aliphatic rings. The summed E-state index contributed by atoms with van der Waals surface area (Å²) in [5.41, 5.74) is 4.20. The highest BCUT2D eigenvalue weighted by molar-refractivity contribution is 6.06. The third-order valence-electron chi connectivity index (χ3n) is 7.94. The summed E-state index contributed by atoms with van der Waals surface area (Å²) in [6, 6.07) is 18.2. The van der Waals surface area contributed by atoms with Crippen molar-refractivity contribution in [2.75, 3.05) is 61.6 Å². The summed E-state index contributed by atoms with van der Waals surface area (Å²) in [7, 11) is 0. The van der Waals surface area contributed by atoms with E-state index in [1.54, 1.807) is 29.2 Å². The van der Waals surface area contributed by atoms with Crippen LogP contribution in [0.25, 0.3) is 0 Å². The van der Waals surface area contributed by atoms with Gasteiger partial charge in [0.15, 0.2) is 11.5 Å². The van der Waals surface area contributed by atoms with Crippen LogP contribution in [0.4, 0.5) is 21.9 Å². The Kier molecular flexibility index (Phi) is 7.85. The standard InChI is InChI=1S/C32H35N5O5/c1-22-6-5-7-24(18-22)34-32(40)37-16-14-35(15-17-37)27-10-9-25(20-26(27)31(39)36-12-3-2-4-13-36)33-30(38)23-8-11-28-29(19-23)42-21-41-28/h5-11,18-20H,2-4,12-17,21H2,1H3,(H,33,38)(H,34,40). The second-order valence-electron chi connectivity index (χ2n) is 10.9. The molecular weight excluding hydrogens is 534 g/mol. The normalized spacial score (nSPS) is 16.3. The summed E-state index contributed by atoms with van der Waals surface area (Å²) in [6.07, 6.45) is 3.08. The van der Waals surface area contributed by atoms with Crippen LogP contribution in [0.15, 0.2) is 60.7 Å². The molecular formula is C32H35N5O5. The van der Waals surface area contributed by atoms with E-state index in [0.29, 0.717) is 54.5 Å². The number of amides is 4. The summed E-state index contributed by atoms with van der Waals surface area (Å²) in [4.78, 5) is 45.6. The molecule has 0 aliphatic carbocycles. The van der Waals surface area contributed by atoms with Gasteiger partial charge in [-0.25, -0.2) is 4.79 Å². The van der Waals surface area contributed by atoms with Crippen molar-refractivity contribution in [1.29, 1.82) is 0 Å². The Morgan fingerprint density at radius 2 is 1.48 bits per heavy atom. The fourth-order valence-electron chi connectivity index (χ4n) is 5.65. The van der Waals surface area contributed by atoms with Gasteiger partial charge in [-0.1, -0.05) is 12.1 Å². The van der Waals surface area contributed by atoms with Gasteiger partial charge in [0.2, 0.25) is 6.79 Å². The molecule has 2 saturated heterocycles. The van der Waals surface area contributed by atoms with Crippen LogP contribution in [-0.2, 0) is 0 Å². The Balaban J connectivity index is 1.18. The van der Waals surface area contributed by atoms with E-state index in [0.717, 1.165) is 49.3 Å². The van der Waals surface area contributed by atoms with Gasteiger partial charge >= 0.3 is 6.03 Å². The molecule has 6 rings (SSSR count). The molecule has 0 atom stereocenters. The Bertz CT molecular complexity index is 1490. The molecule has 3 aliphatic heterocycles. The number of hydrogen-bond acceptors (Lipinski definition) is 6. The van der Waals surface area contributed by atoms with Crippen molar-refractivity contribution >= 4 is 34.9 Å². The van der Waals surface area contributed by atoms with Gasteiger partial charge in [-0.05, 0) is 80.3 Å². The SMILES string of the molecule is Cc1cccc(NC(=O)N2CCN(c3ccc(NC(=O)c4ccc5c(c4)OCO5)cc3C(=O)N3CCCCC3)CC2)c1. The van der Waals surface area contributed by atoms with E-state index in [1.807, 2.05) is 48.2 Å². The average Bonchev–Trinajstić information content (AvgIpc) is 3.49. The Morgan fingerprint density at radius 1 is 0.714 bits per heavy atom. The van der Waals surface area contributed by atoms with Crippen molar-refractivity contribution in [2.24, 2.45) is 0 Å². The molecule has 4 amide bonds. The van der Waals surface area contributed by atoms with E-state index < -0.39 is 0 Å². The highest BCUT2D eigenvalue weighted by Crippen LogP contribution is 2.33. The van der Waals surface area contributed by atoms with E-state index in [1.165, 1.54) is 0 Å². The van der Waals surface area contributed by atoms with Crippen LogP contribution in [0.5, 0.6) is 11.5 Å². The lowest BCUT2D eigenvalue weighted by atomic mass is 10.1. The summed E-state index contributed by atoms with van der Waals surface area (Å²) in [6.45, 7) is 5.79. The maximum absolute atomic E-state index is 13.8. The number of aryl methyl sites for hydroxylation is 1. The van der Waals surface area contributed by atoms with Crippen molar-refractivity contribution in [2.45, 2.75) is 26.2 Å². The maximum atomic E-state index is 13.8. The quantitative estimate of drug-likeness (QED) is 0.451. The van der Waals surface area contributed by atoms with Crippen molar-refractivity contribution < 1.29 is 23.9 Å². The number of likely N-dealkylation sites (tertiary alicyclic amines) is 1. The summed E-state index contributed by atoms with van der Waals surface area (Å²) in [5.74, 6) is 0.804. The minimum atomic E-state index is -0.300. The Hall–Kier alpha value is -4.73. The van der Waals surface area contributed by atoms with E-state index in [4.69, 9.17) is 9.47 Å². The molecule has 2 fully saturated rings. The van der Waals surface area contributed by atoms with Gasteiger partial charge in [-0.15, -0.1) is 0 Å². The third-order valence-corrected chi connectivity index (χ3v) is 7.94. The number of urea groups is 1. The van der Waals surface area contributed by atoms with Crippen molar-refractivity contribution in [3.05, 3.63) is 77.4 Å². The molecule has 3 aromatic rings. The molecule has 0 bridgehead atoms. The van der Waals surface area contributed by atoms with Gasteiger partial charge in [0, 0.05) is 61.9 Å². The van der Waals surface area contributed by atoms with Gasteiger partial charge in [-0.3, -0.25) is 9.59 Å². The molecule has 42 heavy (non-hydrogen) atoms. The van der Waals surface area contributed by atoms with E-state index in [2.05, 4.69) is 15.5 Å². The van der Waals surface area contributed by atoms with Gasteiger partial charge in [0.1, 0.15) is 0 Å². The third kappa shape index (κ3) is 5.97. The number of anilines is 3. The first-order valence-electron chi connectivity index (χ1n) is 14.5. The number of piperidine rings is 1. The van der Waals surface area contributed by atoms with Crippen molar-refractivity contribution in [1.82, 2.24) is 9.80 Å². The number of ether oxygens (including phenoxy) is 2. The number of nitrogens with zero attached hydrogens (tertiary/aromatic N) is 3. The van der Waals surface area contributed by atoms with Crippen LogP contribution in [0.1, 0.15) is 45.5 Å². The number of benzene rings is 3. The van der Waals surface area contributed by atoms with E-state index in [9.17, 15) is 14.4 Å². The number of nitrogens with one attached hydrogen (secondary N) is 2. The fraction of sp³-hybridized carbons (Fsp3) is 0.344. The minimum Gasteiger partial charge on any atom is -0.454 e. The number of piperazine rings is 1. The highest BCUT2D eigenvalue weighted by atomic mass is 16.7. The lowest BCUT2D eigenvalue weighted by Crippen LogP contribution is -2.50. The lowest BCUT2D eigenvalue weighted by molar-refractivity contribution is 0.0724. The molecule has 10 nitrogen and oxygen atoms in total. The van der Waals surface area contributed by atoms with Crippen LogP contribution in [0.3, 0.4) is 0 Å². The predicted molar refractivity (Wildman–Crippen MR) is 161 cm³/mol. The molecule has 0 spiro atoms. The molecule has 2 N–H and O–H groups in total. The second-order valence-corrected chi connectivity index (χ2v) is 10.9. The molecule has 0 aromatic heterocycles. The molecule has 0 saturated carbocycles. The van der Waals surface area contributed by atoms with Crippen molar-refractivity contribution in [3.8, 4) is 11.5 Å². The minimum absolute atomic E-state index is 0.0384. The molecule has 0 radical (unpaired) electrons. The second kappa shape index (κ2) is 12.0. The molecule has 218 valence electrons. The highest BCUT2D eigenvalue weighted by Gasteiger charge is 2.27. The monoisotopic (exact) mass is 569 g/mol. The first-order valence-corrected chi connectivity index (χ1v) is 14.5. The number of fused-ring (bicyclic) bond motifs is 1. The van der Waals surface area contributed by atoms with Crippen LogP contribution in [0.2, 0.25) is 0 Å². The van der Waals surface area contributed by atoms with E-state index >= 15 is 0 Å². The Morgan fingerprint density at radius 3 is 2.26 bits per heavy atom. The number of carbonyl (C=O) groups is 3. The Labute approximate surface area is 245 Å². The zero-order valence-corrected chi connectivity index (χ0v) is 23.7. The number of rotatable bonds is 5. The van der Waals surface area contributed by atoms with Gasteiger partial charge in [-0.2, -0.15) is 0 Å². The predicted octanol–water partition coefficient (Wildman–Crippen LogP) is 4.96. The maximum Gasteiger partial charge on any atom is 0.321 e. The first-order chi connectivity index (χ1) is 20.4. The zero-order valence-electron chi connectivity index (χ0n) is 23.7. The first kappa shape index (κ1) is 27.4. The van der Waals surface area contributed by atoms with Gasteiger partial charge in [0.05, 0.1) is 5.56 Å². The van der Waals surface area contributed by atoms with Gasteiger partial charge in [0.25, 0.3) is 11.8 Å².